The van der Waals surface area contributed by atoms with Crippen molar-refractivity contribution in [2.45, 2.75) is 24.9 Å². The van der Waals surface area contributed by atoms with Crippen LogP contribution in [0.2, 0.25) is 5.02 Å². The first kappa shape index (κ1) is 19.2. The second kappa shape index (κ2) is 7.60. The summed E-state index contributed by atoms with van der Waals surface area (Å²) in [6.07, 6.45) is -3.76. The molecule has 2 aromatic rings. The summed E-state index contributed by atoms with van der Waals surface area (Å²) in [6.45, 7) is 0. The number of amides is 2. The molecular weight excluding hydrogens is 381 g/mol. The molecule has 3 rings (SSSR count). The highest BCUT2D eigenvalue weighted by Crippen LogP contribution is 2.47. The largest absolute Gasteiger partial charge is 0.416 e. The van der Waals surface area contributed by atoms with Crippen molar-refractivity contribution in [2.24, 2.45) is 5.92 Å². The van der Waals surface area contributed by atoms with Crippen molar-refractivity contribution < 1.29 is 22.8 Å². The molecule has 142 valence electrons. The van der Waals surface area contributed by atoms with Crippen LogP contribution in [0.5, 0.6) is 0 Å². The SMILES string of the molecule is O=C(Cc1ccc(Cl)cc1)NNC(=O)C1CC1c1ccc(C(F)(F)F)cc1. The molecule has 2 N–H and O–H groups in total. The predicted molar refractivity (Wildman–Crippen MR) is 93.7 cm³/mol. The number of benzene rings is 2. The molecule has 1 fully saturated rings. The van der Waals surface area contributed by atoms with E-state index < -0.39 is 11.7 Å². The number of carbonyl (C=O) groups is 2. The van der Waals surface area contributed by atoms with E-state index in [-0.39, 0.29) is 30.1 Å². The lowest BCUT2D eigenvalue weighted by atomic mass is 10.1. The lowest BCUT2D eigenvalue weighted by molar-refractivity contribution is -0.137. The van der Waals surface area contributed by atoms with Crippen LogP contribution in [-0.4, -0.2) is 11.8 Å². The molecular formula is C19H16ClF3N2O2. The monoisotopic (exact) mass is 396 g/mol. The number of hydrogen-bond donors (Lipinski definition) is 2. The van der Waals surface area contributed by atoms with Crippen LogP contribution in [0.15, 0.2) is 48.5 Å². The molecule has 0 bridgehead atoms. The summed E-state index contributed by atoms with van der Waals surface area (Å²) in [5, 5.41) is 0.565. The van der Waals surface area contributed by atoms with Gasteiger partial charge in [-0.05, 0) is 47.7 Å². The zero-order valence-corrected chi connectivity index (χ0v) is 14.8. The molecule has 2 unspecified atom stereocenters. The van der Waals surface area contributed by atoms with Crippen LogP contribution in [0.3, 0.4) is 0 Å². The van der Waals surface area contributed by atoms with Gasteiger partial charge in [-0.2, -0.15) is 13.2 Å². The van der Waals surface area contributed by atoms with E-state index in [1.165, 1.54) is 12.1 Å². The van der Waals surface area contributed by atoms with Crippen molar-refractivity contribution in [3.63, 3.8) is 0 Å². The fourth-order valence-electron chi connectivity index (χ4n) is 2.83. The zero-order valence-electron chi connectivity index (χ0n) is 14.0. The first-order chi connectivity index (χ1) is 12.7. The molecule has 0 aliphatic heterocycles. The molecule has 2 aromatic carbocycles. The van der Waals surface area contributed by atoms with E-state index in [2.05, 4.69) is 10.9 Å². The van der Waals surface area contributed by atoms with Crippen molar-refractivity contribution in [3.05, 3.63) is 70.2 Å². The molecule has 1 aliphatic rings. The first-order valence-corrected chi connectivity index (χ1v) is 8.62. The Morgan fingerprint density at radius 1 is 1.00 bits per heavy atom. The summed E-state index contributed by atoms with van der Waals surface area (Å²) in [5.41, 5.74) is 5.42. The van der Waals surface area contributed by atoms with Crippen LogP contribution in [0.25, 0.3) is 0 Å². The maximum atomic E-state index is 12.6. The number of hydrazine groups is 1. The molecule has 0 saturated heterocycles. The Hall–Kier alpha value is -2.54. The number of nitrogens with one attached hydrogen (secondary N) is 2. The highest BCUT2D eigenvalue weighted by Gasteiger charge is 2.44. The van der Waals surface area contributed by atoms with Crippen LogP contribution in [-0.2, 0) is 22.2 Å². The fourth-order valence-corrected chi connectivity index (χ4v) is 2.95. The van der Waals surface area contributed by atoms with E-state index in [1.807, 2.05) is 0 Å². The molecule has 1 saturated carbocycles. The first-order valence-electron chi connectivity index (χ1n) is 8.24. The third-order valence-corrected chi connectivity index (χ3v) is 4.65. The quantitative estimate of drug-likeness (QED) is 0.771. The molecule has 27 heavy (non-hydrogen) atoms. The normalized spacial score (nSPS) is 18.7. The van der Waals surface area contributed by atoms with Gasteiger partial charge in [-0.25, -0.2) is 0 Å². The molecule has 0 aromatic heterocycles. The van der Waals surface area contributed by atoms with Crippen molar-refractivity contribution in [2.75, 3.05) is 0 Å². The van der Waals surface area contributed by atoms with Crippen molar-refractivity contribution >= 4 is 23.4 Å². The fraction of sp³-hybridized carbons (Fsp3) is 0.263. The van der Waals surface area contributed by atoms with Gasteiger partial charge in [0, 0.05) is 10.9 Å². The topological polar surface area (TPSA) is 58.2 Å². The second-order valence-corrected chi connectivity index (χ2v) is 6.85. The van der Waals surface area contributed by atoms with E-state index in [4.69, 9.17) is 11.6 Å². The van der Waals surface area contributed by atoms with Gasteiger partial charge < -0.3 is 0 Å². The molecule has 8 heteroatoms. The van der Waals surface area contributed by atoms with E-state index in [1.54, 1.807) is 24.3 Å². The van der Waals surface area contributed by atoms with E-state index in [0.29, 0.717) is 17.0 Å². The molecule has 0 spiro atoms. The number of hydrogen-bond acceptors (Lipinski definition) is 2. The van der Waals surface area contributed by atoms with Gasteiger partial charge in [0.15, 0.2) is 0 Å². The summed E-state index contributed by atoms with van der Waals surface area (Å²) in [6, 6.07) is 11.6. The minimum Gasteiger partial charge on any atom is -0.273 e. The Balaban J connectivity index is 1.47. The molecule has 1 aliphatic carbocycles. The van der Waals surface area contributed by atoms with Crippen LogP contribution in [0.1, 0.15) is 29.0 Å². The molecule has 2 atom stereocenters. The zero-order chi connectivity index (χ0) is 19.6. The van der Waals surface area contributed by atoms with Crippen molar-refractivity contribution in [3.8, 4) is 0 Å². The molecule has 4 nitrogen and oxygen atoms in total. The van der Waals surface area contributed by atoms with Crippen molar-refractivity contribution in [1.82, 2.24) is 10.9 Å². The van der Waals surface area contributed by atoms with E-state index in [0.717, 1.165) is 17.7 Å². The highest BCUT2D eigenvalue weighted by molar-refractivity contribution is 6.30. The Morgan fingerprint density at radius 2 is 1.63 bits per heavy atom. The standard InChI is InChI=1S/C19H16ClF3N2O2/c20-14-7-1-11(2-8-14)9-17(26)24-25-18(27)16-10-15(16)12-3-5-13(6-4-12)19(21,22)23/h1-8,15-16H,9-10H2,(H,24,26)(H,25,27). The summed E-state index contributed by atoms with van der Waals surface area (Å²) in [7, 11) is 0. The van der Waals surface area contributed by atoms with E-state index >= 15 is 0 Å². The summed E-state index contributed by atoms with van der Waals surface area (Å²) >= 11 is 5.77. The smallest absolute Gasteiger partial charge is 0.273 e. The lowest BCUT2D eigenvalue weighted by Gasteiger charge is -2.09. The van der Waals surface area contributed by atoms with E-state index in [9.17, 15) is 22.8 Å². The van der Waals surface area contributed by atoms with Crippen LogP contribution in [0.4, 0.5) is 13.2 Å². The third-order valence-electron chi connectivity index (χ3n) is 4.40. The van der Waals surface area contributed by atoms with Gasteiger partial charge in [0.1, 0.15) is 0 Å². The van der Waals surface area contributed by atoms with Gasteiger partial charge in [-0.1, -0.05) is 35.9 Å². The van der Waals surface area contributed by atoms with Gasteiger partial charge in [-0.15, -0.1) is 0 Å². The molecule has 2 amide bonds. The summed E-state index contributed by atoms with van der Waals surface area (Å²) in [5.74, 6) is -1.24. The minimum absolute atomic E-state index is 0.0877. The Kier molecular flexibility index (Phi) is 5.41. The summed E-state index contributed by atoms with van der Waals surface area (Å²) in [4.78, 5) is 24.0. The number of carbonyl (C=O) groups excluding carboxylic acids is 2. The maximum Gasteiger partial charge on any atom is 0.416 e. The Labute approximate surface area is 158 Å². The van der Waals surface area contributed by atoms with Gasteiger partial charge in [0.05, 0.1) is 12.0 Å². The highest BCUT2D eigenvalue weighted by atomic mass is 35.5. The summed E-state index contributed by atoms with van der Waals surface area (Å²) < 4.78 is 37.7. The molecule has 0 radical (unpaired) electrons. The second-order valence-electron chi connectivity index (χ2n) is 6.41. The van der Waals surface area contributed by atoms with Gasteiger partial charge in [-0.3, -0.25) is 20.4 Å². The van der Waals surface area contributed by atoms with Crippen LogP contribution in [0, 0.1) is 5.92 Å². The van der Waals surface area contributed by atoms with Gasteiger partial charge >= 0.3 is 6.18 Å². The van der Waals surface area contributed by atoms with Gasteiger partial charge in [0.2, 0.25) is 11.8 Å². The average Bonchev–Trinajstić information content (AvgIpc) is 3.42. The van der Waals surface area contributed by atoms with Crippen LogP contribution < -0.4 is 10.9 Å². The van der Waals surface area contributed by atoms with Gasteiger partial charge in [0.25, 0.3) is 0 Å². The minimum atomic E-state index is -4.38. The Morgan fingerprint density at radius 3 is 2.22 bits per heavy atom. The maximum absolute atomic E-state index is 12.6. The number of halogens is 4. The van der Waals surface area contributed by atoms with Crippen LogP contribution >= 0.6 is 11.6 Å². The lowest BCUT2D eigenvalue weighted by Crippen LogP contribution is -2.43. The predicted octanol–water partition coefficient (Wildman–Crippen LogP) is 3.85. The third kappa shape index (κ3) is 5.01. The average molecular weight is 397 g/mol. The molecule has 0 heterocycles. The number of rotatable bonds is 4. The Bertz CT molecular complexity index is 836. The van der Waals surface area contributed by atoms with Crippen molar-refractivity contribution in [1.29, 1.82) is 0 Å². The number of alkyl halides is 3.